The highest BCUT2D eigenvalue weighted by molar-refractivity contribution is 5.59. The van der Waals surface area contributed by atoms with Crippen molar-refractivity contribution in [3.8, 4) is 6.07 Å². The van der Waals surface area contributed by atoms with E-state index < -0.39 is 0 Å². The largest absolute Gasteiger partial charge is 0.377 e. The second kappa shape index (κ2) is 4.71. The van der Waals surface area contributed by atoms with Crippen LogP contribution in [0.2, 0.25) is 0 Å². The number of nitrogens with zero attached hydrogens (tertiary/aromatic N) is 2. The van der Waals surface area contributed by atoms with E-state index in [1.165, 1.54) is 0 Å². The molecule has 1 aromatic heterocycles. The van der Waals surface area contributed by atoms with Gasteiger partial charge >= 0.3 is 0 Å². The highest BCUT2D eigenvalue weighted by Gasteiger charge is 2.09. The van der Waals surface area contributed by atoms with Gasteiger partial charge in [0, 0.05) is 11.8 Å². The van der Waals surface area contributed by atoms with Crippen LogP contribution in [0, 0.1) is 18.3 Å². The minimum absolute atomic E-state index is 0.114. The molecule has 0 saturated carbocycles. The van der Waals surface area contributed by atoms with Gasteiger partial charge in [0.05, 0.1) is 23.5 Å². The molecule has 2 rings (SSSR count). The summed E-state index contributed by atoms with van der Waals surface area (Å²) in [6, 6.07) is 8.12. The van der Waals surface area contributed by atoms with Gasteiger partial charge in [0.2, 0.25) is 0 Å². The molecular formula is C13H14N4. The van der Waals surface area contributed by atoms with Crippen LogP contribution in [0.3, 0.4) is 0 Å². The quantitative estimate of drug-likeness (QED) is 0.845. The molecule has 86 valence electrons. The van der Waals surface area contributed by atoms with Gasteiger partial charge in [-0.05, 0) is 31.5 Å². The SMILES string of the molecule is Cc1ccc(NC(C)c2cn[nH]c2)c(C#N)c1. The Hall–Kier alpha value is -2.28. The molecule has 0 bridgehead atoms. The lowest BCUT2D eigenvalue weighted by atomic mass is 10.1. The van der Waals surface area contributed by atoms with Crippen molar-refractivity contribution in [2.75, 3.05) is 5.32 Å². The maximum absolute atomic E-state index is 9.08. The molecule has 4 nitrogen and oxygen atoms in total. The minimum atomic E-state index is 0.114. The molecule has 0 aliphatic rings. The molecular weight excluding hydrogens is 212 g/mol. The predicted molar refractivity (Wildman–Crippen MR) is 66.5 cm³/mol. The molecule has 17 heavy (non-hydrogen) atoms. The highest BCUT2D eigenvalue weighted by Crippen LogP contribution is 2.22. The first kappa shape index (κ1) is 11.2. The molecule has 1 aromatic carbocycles. The Balaban J connectivity index is 2.22. The third kappa shape index (κ3) is 2.45. The standard InChI is InChI=1S/C13H14N4/c1-9-3-4-13(11(5-9)6-14)17-10(2)12-7-15-16-8-12/h3-5,7-8,10,17H,1-2H3,(H,15,16). The average Bonchev–Trinajstić information content (AvgIpc) is 2.85. The lowest BCUT2D eigenvalue weighted by Gasteiger charge is -2.15. The van der Waals surface area contributed by atoms with E-state index >= 15 is 0 Å². The molecule has 0 aliphatic carbocycles. The highest BCUT2D eigenvalue weighted by atomic mass is 15.1. The van der Waals surface area contributed by atoms with Crippen molar-refractivity contribution < 1.29 is 0 Å². The van der Waals surface area contributed by atoms with E-state index in [1.54, 1.807) is 6.20 Å². The summed E-state index contributed by atoms with van der Waals surface area (Å²) in [7, 11) is 0. The third-order valence-corrected chi connectivity index (χ3v) is 2.69. The van der Waals surface area contributed by atoms with Crippen molar-refractivity contribution in [1.82, 2.24) is 10.2 Å². The summed E-state index contributed by atoms with van der Waals surface area (Å²) >= 11 is 0. The summed E-state index contributed by atoms with van der Waals surface area (Å²) in [5, 5.41) is 19.1. The van der Waals surface area contributed by atoms with E-state index in [0.29, 0.717) is 5.56 Å². The molecule has 2 N–H and O–H groups in total. The number of hydrogen-bond acceptors (Lipinski definition) is 3. The number of aromatic nitrogens is 2. The van der Waals surface area contributed by atoms with Crippen LogP contribution < -0.4 is 5.32 Å². The molecule has 1 heterocycles. The minimum Gasteiger partial charge on any atom is -0.377 e. The van der Waals surface area contributed by atoms with Gasteiger partial charge in [0.25, 0.3) is 0 Å². The first-order chi connectivity index (χ1) is 8.20. The fourth-order valence-electron chi connectivity index (χ4n) is 1.69. The number of nitrogens with one attached hydrogen (secondary N) is 2. The van der Waals surface area contributed by atoms with Gasteiger partial charge in [-0.25, -0.2) is 0 Å². The molecule has 2 aromatic rings. The second-order valence-electron chi connectivity index (χ2n) is 4.06. The van der Waals surface area contributed by atoms with Crippen LogP contribution in [0.4, 0.5) is 5.69 Å². The topological polar surface area (TPSA) is 64.5 Å². The molecule has 0 spiro atoms. The Kier molecular flexibility index (Phi) is 3.10. The first-order valence-electron chi connectivity index (χ1n) is 5.46. The third-order valence-electron chi connectivity index (χ3n) is 2.69. The van der Waals surface area contributed by atoms with E-state index in [9.17, 15) is 0 Å². The molecule has 0 saturated heterocycles. The Morgan fingerprint density at radius 1 is 1.47 bits per heavy atom. The molecule has 4 heteroatoms. The Labute approximate surface area is 100 Å². The van der Waals surface area contributed by atoms with Gasteiger partial charge < -0.3 is 5.32 Å². The molecule has 0 aliphatic heterocycles. The number of rotatable bonds is 3. The number of anilines is 1. The van der Waals surface area contributed by atoms with Crippen molar-refractivity contribution >= 4 is 5.69 Å². The normalized spacial score (nSPS) is 11.8. The maximum Gasteiger partial charge on any atom is 0.101 e. The van der Waals surface area contributed by atoms with Crippen LogP contribution in [-0.2, 0) is 0 Å². The number of benzene rings is 1. The van der Waals surface area contributed by atoms with E-state index in [4.69, 9.17) is 5.26 Å². The van der Waals surface area contributed by atoms with Crippen molar-refractivity contribution in [1.29, 1.82) is 5.26 Å². The van der Waals surface area contributed by atoms with Crippen molar-refractivity contribution in [2.45, 2.75) is 19.9 Å². The van der Waals surface area contributed by atoms with Crippen molar-refractivity contribution in [3.63, 3.8) is 0 Å². The van der Waals surface area contributed by atoms with Gasteiger partial charge in [-0.3, -0.25) is 5.10 Å². The van der Waals surface area contributed by atoms with Crippen LogP contribution >= 0.6 is 0 Å². The predicted octanol–water partition coefficient (Wildman–Crippen LogP) is 2.76. The number of H-pyrrole nitrogens is 1. The molecule has 0 radical (unpaired) electrons. The second-order valence-corrected chi connectivity index (χ2v) is 4.06. The van der Waals surface area contributed by atoms with E-state index in [1.807, 2.05) is 38.2 Å². The zero-order chi connectivity index (χ0) is 12.3. The zero-order valence-electron chi connectivity index (χ0n) is 9.86. The number of aromatic amines is 1. The van der Waals surface area contributed by atoms with Crippen LogP contribution in [0.5, 0.6) is 0 Å². The number of aryl methyl sites for hydroxylation is 1. The van der Waals surface area contributed by atoms with Crippen LogP contribution in [-0.4, -0.2) is 10.2 Å². The molecule has 1 atom stereocenters. The average molecular weight is 226 g/mol. The first-order valence-corrected chi connectivity index (χ1v) is 5.46. The Morgan fingerprint density at radius 2 is 2.29 bits per heavy atom. The van der Waals surface area contributed by atoms with Gasteiger partial charge in [-0.15, -0.1) is 0 Å². The molecule has 0 fully saturated rings. The summed E-state index contributed by atoms with van der Waals surface area (Å²) in [4.78, 5) is 0. The Bertz CT molecular complexity index is 537. The fourth-order valence-corrected chi connectivity index (χ4v) is 1.69. The molecule has 0 amide bonds. The van der Waals surface area contributed by atoms with Crippen LogP contribution in [0.1, 0.15) is 29.7 Å². The summed E-state index contributed by atoms with van der Waals surface area (Å²) in [6.07, 6.45) is 3.62. The van der Waals surface area contributed by atoms with Crippen molar-refractivity contribution in [2.24, 2.45) is 0 Å². The zero-order valence-corrected chi connectivity index (χ0v) is 9.86. The van der Waals surface area contributed by atoms with E-state index in [0.717, 1.165) is 16.8 Å². The lowest BCUT2D eigenvalue weighted by molar-refractivity contribution is 0.885. The smallest absolute Gasteiger partial charge is 0.101 e. The van der Waals surface area contributed by atoms with Crippen LogP contribution in [0.25, 0.3) is 0 Å². The number of hydrogen-bond donors (Lipinski definition) is 2. The summed E-state index contributed by atoms with van der Waals surface area (Å²) in [5.74, 6) is 0. The fraction of sp³-hybridized carbons (Fsp3) is 0.231. The van der Waals surface area contributed by atoms with Gasteiger partial charge in [0.15, 0.2) is 0 Å². The monoisotopic (exact) mass is 226 g/mol. The summed E-state index contributed by atoms with van der Waals surface area (Å²) in [5.41, 5.74) is 3.67. The van der Waals surface area contributed by atoms with Gasteiger partial charge in [0.1, 0.15) is 6.07 Å². The van der Waals surface area contributed by atoms with Crippen molar-refractivity contribution in [3.05, 3.63) is 47.3 Å². The van der Waals surface area contributed by atoms with Gasteiger partial charge in [-0.1, -0.05) is 6.07 Å². The number of nitriles is 1. The van der Waals surface area contributed by atoms with Crippen LogP contribution in [0.15, 0.2) is 30.6 Å². The van der Waals surface area contributed by atoms with E-state index in [-0.39, 0.29) is 6.04 Å². The van der Waals surface area contributed by atoms with Gasteiger partial charge in [-0.2, -0.15) is 10.4 Å². The Morgan fingerprint density at radius 3 is 2.94 bits per heavy atom. The van der Waals surface area contributed by atoms with E-state index in [2.05, 4.69) is 21.6 Å². The maximum atomic E-state index is 9.08. The summed E-state index contributed by atoms with van der Waals surface area (Å²) < 4.78 is 0. The molecule has 1 unspecified atom stereocenters. The summed E-state index contributed by atoms with van der Waals surface area (Å²) in [6.45, 7) is 4.01. The lowest BCUT2D eigenvalue weighted by Crippen LogP contribution is -2.07.